The summed E-state index contributed by atoms with van der Waals surface area (Å²) in [7, 11) is 0. The lowest BCUT2D eigenvalue weighted by Crippen LogP contribution is -2.22. The van der Waals surface area contributed by atoms with E-state index in [9.17, 15) is 0 Å². The third-order valence-corrected chi connectivity index (χ3v) is 2.70. The Labute approximate surface area is 84.4 Å². The third-order valence-electron chi connectivity index (χ3n) is 2.70. The van der Waals surface area contributed by atoms with Crippen LogP contribution in [0.5, 0.6) is 0 Å². The molecule has 1 unspecified atom stereocenters. The summed E-state index contributed by atoms with van der Waals surface area (Å²) in [5, 5.41) is 3.93. The highest BCUT2D eigenvalue weighted by molar-refractivity contribution is 5.09. The second kappa shape index (κ2) is 3.96. The molecule has 0 aliphatic carbocycles. The normalized spacial score (nSPS) is 22.8. The van der Waals surface area contributed by atoms with Gasteiger partial charge in [0.15, 0.2) is 5.76 Å². The minimum atomic E-state index is 0.411. The molecule has 2 heterocycles. The van der Waals surface area contributed by atoms with Gasteiger partial charge in [0, 0.05) is 12.6 Å². The monoisotopic (exact) mass is 192 g/mol. The van der Waals surface area contributed by atoms with E-state index in [1.54, 1.807) is 0 Å². The number of aryl methyl sites for hydroxylation is 1. The zero-order valence-corrected chi connectivity index (χ0v) is 8.57. The minimum Gasteiger partial charge on any atom is -0.359 e. The Balaban J connectivity index is 2.12. The highest BCUT2D eigenvalue weighted by Gasteiger charge is 2.27. The molecule has 14 heavy (non-hydrogen) atoms. The van der Waals surface area contributed by atoms with Gasteiger partial charge in [-0.15, -0.1) is 6.58 Å². The smallest absolute Gasteiger partial charge is 0.154 e. The maximum atomic E-state index is 5.30. The maximum absolute atomic E-state index is 5.30. The lowest BCUT2D eigenvalue weighted by atomic mass is 10.1. The standard InChI is InChI=1S/C11H16N2O/c1-3-6-13-7-4-5-10(13)11-8-9(2)12-14-11/h3,8,10H,1,4-7H2,2H3. The number of nitrogens with zero attached hydrogens (tertiary/aromatic N) is 2. The van der Waals surface area contributed by atoms with Crippen LogP contribution in [-0.4, -0.2) is 23.1 Å². The van der Waals surface area contributed by atoms with Crippen LogP contribution in [0.1, 0.15) is 30.3 Å². The van der Waals surface area contributed by atoms with E-state index >= 15 is 0 Å². The Morgan fingerprint density at radius 1 is 1.79 bits per heavy atom. The van der Waals surface area contributed by atoms with E-state index in [2.05, 4.69) is 16.6 Å². The quantitative estimate of drug-likeness (QED) is 0.688. The van der Waals surface area contributed by atoms with E-state index in [-0.39, 0.29) is 0 Å². The van der Waals surface area contributed by atoms with Crippen LogP contribution < -0.4 is 0 Å². The van der Waals surface area contributed by atoms with Crippen molar-refractivity contribution in [2.75, 3.05) is 13.1 Å². The van der Waals surface area contributed by atoms with Gasteiger partial charge in [-0.1, -0.05) is 11.2 Å². The van der Waals surface area contributed by atoms with Crippen LogP contribution in [0.3, 0.4) is 0 Å². The van der Waals surface area contributed by atoms with Crippen LogP contribution in [0, 0.1) is 6.92 Å². The summed E-state index contributed by atoms with van der Waals surface area (Å²) >= 11 is 0. The van der Waals surface area contributed by atoms with Crippen LogP contribution in [-0.2, 0) is 0 Å². The topological polar surface area (TPSA) is 29.3 Å². The first-order chi connectivity index (χ1) is 6.81. The summed E-state index contributed by atoms with van der Waals surface area (Å²) < 4.78 is 5.30. The number of aromatic nitrogens is 1. The molecular weight excluding hydrogens is 176 g/mol. The average molecular weight is 192 g/mol. The number of likely N-dealkylation sites (tertiary alicyclic amines) is 1. The largest absolute Gasteiger partial charge is 0.359 e. The second-order valence-electron chi connectivity index (χ2n) is 3.81. The van der Waals surface area contributed by atoms with E-state index in [1.807, 2.05) is 19.1 Å². The van der Waals surface area contributed by atoms with Crippen LogP contribution in [0.4, 0.5) is 0 Å². The number of hydrogen-bond donors (Lipinski definition) is 0. The predicted octanol–water partition coefficient (Wildman–Crippen LogP) is 2.31. The maximum Gasteiger partial charge on any atom is 0.154 e. The van der Waals surface area contributed by atoms with E-state index in [4.69, 9.17) is 4.52 Å². The van der Waals surface area contributed by atoms with Gasteiger partial charge in [0.05, 0.1) is 11.7 Å². The minimum absolute atomic E-state index is 0.411. The van der Waals surface area contributed by atoms with Crippen molar-refractivity contribution in [3.63, 3.8) is 0 Å². The van der Waals surface area contributed by atoms with Gasteiger partial charge in [-0.2, -0.15) is 0 Å². The molecule has 1 atom stereocenters. The molecule has 1 aliphatic heterocycles. The Morgan fingerprint density at radius 2 is 2.64 bits per heavy atom. The molecule has 1 aromatic rings. The Kier molecular flexibility index (Phi) is 2.68. The molecule has 0 spiro atoms. The van der Waals surface area contributed by atoms with Crippen LogP contribution in [0.2, 0.25) is 0 Å². The molecule has 2 rings (SSSR count). The Hall–Kier alpha value is -1.09. The molecule has 0 radical (unpaired) electrons. The van der Waals surface area contributed by atoms with Crippen molar-refractivity contribution >= 4 is 0 Å². The highest BCUT2D eigenvalue weighted by Crippen LogP contribution is 2.31. The van der Waals surface area contributed by atoms with Crippen LogP contribution >= 0.6 is 0 Å². The van der Waals surface area contributed by atoms with Gasteiger partial charge >= 0.3 is 0 Å². The zero-order chi connectivity index (χ0) is 9.97. The van der Waals surface area contributed by atoms with Crippen molar-refractivity contribution in [3.8, 4) is 0 Å². The van der Waals surface area contributed by atoms with Gasteiger partial charge in [-0.3, -0.25) is 4.90 Å². The summed E-state index contributed by atoms with van der Waals surface area (Å²) in [6, 6.07) is 2.45. The summed E-state index contributed by atoms with van der Waals surface area (Å²) in [5.74, 6) is 1.00. The van der Waals surface area contributed by atoms with Crippen molar-refractivity contribution < 1.29 is 4.52 Å². The summed E-state index contributed by atoms with van der Waals surface area (Å²) in [4.78, 5) is 2.38. The molecule has 3 nitrogen and oxygen atoms in total. The molecule has 0 saturated carbocycles. The first-order valence-corrected chi connectivity index (χ1v) is 5.09. The van der Waals surface area contributed by atoms with E-state index in [0.29, 0.717) is 6.04 Å². The number of rotatable bonds is 3. The Morgan fingerprint density at radius 3 is 3.29 bits per heavy atom. The van der Waals surface area contributed by atoms with Crippen molar-refractivity contribution in [3.05, 3.63) is 30.2 Å². The third kappa shape index (κ3) is 1.73. The van der Waals surface area contributed by atoms with E-state index < -0.39 is 0 Å². The molecular formula is C11H16N2O. The SMILES string of the molecule is C=CCN1CCCC1c1cc(C)no1. The summed E-state index contributed by atoms with van der Waals surface area (Å²) in [6.45, 7) is 7.80. The molecule has 0 N–H and O–H groups in total. The molecule has 0 bridgehead atoms. The van der Waals surface area contributed by atoms with Gasteiger partial charge < -0.3 is 4.52 Å². The molecule has 1 aromatic heterocycles. The van der Waals surface area contributed by atoms with Crippen molar-refractivity contribution in [1.29, 1.82) is 0 Å². The second-order valence-corrected chi connectivity index (χ2v) is 3.81. The van der Waals surface area contributed by atoms with Gasteiger partial charge in [0.25, 0.3) is 0 Å². The summed E-state index contributed by atoms with van der Waals surface area (Å²) in [5.41, 5.74) is 0.963. The predicted molar refractivity (Wildman–Crippen MR) is 55.0 cm³/mol. The molecule has 0 aromatic carbocycles. The zero-order valence-electron chi connectivity index (χ0n) is 8.57. The Bertz CT molecular complexity index is 319. The molecule has 1 fully saturated rings. The molecule has 1 aliphatic rings. The fraction of sp³-hybridized carbons (Fsp3) is 0.545. The lowest BCUT2D eigenvalue weighted by Gasteiger charge is -2.19. The van der Waals surface area contributed by atoms with Gasteiger partial charge in [-0.05, 0) is 26.3 Å². The molecule has 76 valence electrons. The van der Waals surface area contributed by atoms with Crippen molar-refractivity contribution in [2.45, 2.75) is 25.8 Å². The number of hydrogen-bond acceptors (Lipinski definition) is 3. The van der Waals surface area contributed by atoms with Gasteiger partial charge in [0.2, 0.25) is 0 Å². The highest BCUT2D eigenvalue weighted by atomic mass is 16.5. The van der Waals surface area contributed by atoms with Crippen LogP contribution in [0.15, 0.2) is 23.2 Å². The van der Waals surface area contributed by atoms with E-state index in [1.165, 1.54) is 12.8 Å². The lowest BCUT2D eigenvalue weighted by molar-refractivity contribution is 0.232. The van der Waals surface area contributed by atoms with Gasteiger partial charge in [-0.25, -0.2) is 0 Å². The first kappa shape index (κ1) is 9.46. The van der Waals surface area contributed by atoms with Crippen LogP contribution in [0.25, 0.3) is 0 Å². The van der Waals surface area contributed by atoms with Gasteiger partial charge in [0.1, 0.15) is 0 Å². The van der Waals surface area contributed by atoms with Crippen molar-refractivity contribution in [1.82, 2.24) is 10.1 Å². The average Bonchev–Trinajstić information content (AvgIpc) is 2.74. The molecule has 1 saturated heterocycles. The fourth-order valence-corrected chi connectivity index (χ4v) is 2.07. The van der Waals surface area contributed by atoms with Crippen molar-refractivity contribution in [2.24, 2.45) is 0 Å². The fourth-order valence-electron chi connectivity index (χ4n) is 2.07. The van der Waals surface area contributed by atoms with E-state index in [0.717, 1.165) is 24.5 Å². The first-order valence-electron chi connectivity index (χ1n) is 5.09. The summed E-state index contributed by atoms with van der Waals surface area (Å²) in [6.07, 6.45) is 4.35. The molecule has 3 heteroatoms. The molecule has 0 amide bonds.